The van der Waals surface area contributed by atoms with E-state index < -0.39 is 6.04 Å². The highest BCUT2D eigenvalue weighted by molar-refractivity contribution is 6.23. The summed E-state index contributed by atoms with van der Waals surface area (Å²) in [6.07, 6.45) is 1.64. The molecule has 1 aliphatic carbocycles. The number of hydrogen-bond acceptors (Lipinski definition) is 4. The molecule has 2 aromatic carbocycles. The molecule has 0 radical (unpaired) electrons. The Morgan fingerprint density at radius 3 is 2.30 bits per heavy atom. The number of aryl methyl sites for hydroxylation is 1. The Kier molecular flexibility index (Phi) is 5.11. The molecule has 1 N–H and O–H groups in total. The van der Waals surface area contributed by atoms with Gasteiger partial charge in [-0.15, -0.1) is 0 Å². The quantitative estimate of drug-likeness (QED) is 0.775. The third-order valence-electron chi connectivity index (χ3n) is 5.45. The third kappa shape index (κ3) is 3.70. The van der Waals surface area contributed by atoms with Crippen LogP contribution in [0, 0.1) is 6.92 Å². The van der Waals surface area contributed by atoms with E-state index in [2.05, 4.69) is 5.32 Å². The Morgan fingerprint density at radius 1 is 1.03 bits per heavy atom. The van der Waals surface area contributed by atoms with Crippen LogP contribution in [0.4, 0.5) is 11.4 Å². The van der Waals surface area contributed by atoms with Gasteiger partial charge in [-0.2, -0.15) is 0 Å². The van der Waals surface area contributed by atoms with Gasteiger partial charge in [0.1, 0.15) is 6.04 Å². The summed E-state index contributed by atoms with van der Waals surface area (Å²) in [6, 6.07) is 13.0. The molecule has 1 heterocycles. The number of nitrogens with one attached hydrogen (secondary N) is 1. The zero-order valence-electron chi connectivity index (χ0n) is 16.9. The number of carbonyl (C=O) groups is 4. The van der Waals surface area contributed by atoms with Gasteiger partial charge in [0.15, 0.2) is 0 Å². The summed E-state index contributed by atoms with van der Waals surface area (Å²) >= 11 is 0. The van der Waals surface area contributed by atoms with E-state index in [4.69, 9.17) is 0 Å². The molecule has 4 rings (SSSR count). The molecule has 7 heteroatoms. The lowest BCUT2D eigenvalue weighted by Crippen LogP contribution is -2.47. The molecule has 7 nitrogen and oxygen atoms in total. The fourth-order valence-electron chi connectivity index (χ4n) is 3.87. The van der Waals surface area contributed by atoms with Crippen LogP contribution in [0.15, 0.2) is 48.5 Å². The predicted octanol–water partition coefficient (Wildman–Crippen LogP) is 2.89. The highest BCUT2D eigenvalue weighted by Crippen LogP contribution is 2.35. The van der Waals surface area contributed by atoms with Crippen molar-refractivity contribution in [3.8, 4) is 0 Å². The average Bonchev–Trinajstić information content (AvgIpc) is 3.49. The summed E-state index contributed by atoms with van der Waals surface area (Å²) in [5, 5.41) is 2.65. The maximum absolute atomic E-state index is 13.3. The minimum atomic E-state index is -0.799. The van der Waals surface area contributed by atoms with Crippen molar-refractivity contribution < 1.29 is 19.2 Å². The van der Waals surface area contributed by atoms with Crippen LogP contribution >= 0.6 is 0 Å². The van der Waals surface area contributed by atoms with E-state index in [0.717, 1.165) is 23.3 Å². The van der Waals surface area contributed by atoms with Crippen LogP contribution in [0.3, 0.4) is 0 Å². The Bertz CT molecular complexity index is 1030. The van der Waals surface area contributed by atoms with Gasteiger partial charge in [-0.25, -0.2) is 4.90 Å². The maximum atomic E-state index is 13.3. The van der Waals surface area contributed by atoms with Gasteiger partial charge in [-0.1, -0.05) is 18.2 Å². The summed E-state index contributed by atoms with van der Waals surface area (Å²) in [5.74, 6) is -1.13. The molecule has 154 valence electrons. The highest BCUT2D eigenvalue weighted by Gasteiger charge is 2.49. The zero-order chi connectivity index (χ0) is 21.4. The minimum Gasteiger partial charge on any atom is -0.326 e. The van der Waals surface area contributed by atoms with Gasteiger partial charge in [-0.3, -0.25) is 19.2 Å². The van der Waals surface area contributed by atoms with Crippen molar-refractivity contribution in [2.24, 2.45) is 0 Å². The average molecular weight is 405 g/mol. The Balaban J connectivity index is 1.60. The standard InChI is InChI=1S/C23H23N3O4/c1-14-5-3-4-6-19(14)22(29)25(17-11-12-17)20-13-21(28)26(23(20)30)18-9-7-16(8-10-18)24-15(2)27/h3-10,17,20H,11-13H2,1-2H3,(H,24,27). The lowest BCUT2D eigenvalue weighted by molar-refractivity contribution is -0.122. The van der Waals surface area contributed by atoms with Crippen LogP contribution in [-0.2, 0) is 14.4 Å². The molecule has 4 amide bonds. The number of benzene rings is 2. The molecule has 1 saturated heterocycles. The number of rotatable bonds is 5. The lowest BCUT2D eigenvalue weighted by Gasteiger charge is -2.28. The summed E-state index contributed by atoms with van der Waals surface area (Å²) in [6.45, 7) is 3.27. The predicted molar refractivity (Wildman–Crippen MR) is 112 cm³/mol. The lowest BCUT2D eigenvalue weighted by atomic mass is 10.1. The van der Waals surface area contributed by atoms with Crippen LogP contribution < -0.4 is 10.2 Å². The number of hydrogen-bond donors (Lipinski definition) is 1. The topological polar surface area (TPSA) is 86.8 Å². The van der Waals surface area contributed by atoms with Crippen LogP contribution in [0.5, 0.6) is 0 Å². The normalized spacial score (nSPS) is 18.5. The van der Waals surface area contributed by atoms with Crippen molar-refractivity contribution in [1.82, 2.24) is 4.90 Å². The first-order valence-electron chi connectivity index (χ1n) is 9.99. The van der Waals surface area contributed by atoms with Gasteiger partial charge in [0.05, 0.1) is 12.1 Å². The molecule has 1 aliphatic heterocycles. The second-order valence-electron chi connectivity index (χ2n) is 7.77. The molecule has 2 aliphatic rings. The minimum absolute atomic E-state index is 0.0130. The highest BCUT2D eigenvalue weighted by atomic mass is 16.2. The molecular weight excluding hydrogens is 382 g/mol. The largest absolute Gasteiger partial charge is 0.326 e. The van der Waals surface area contributed by atoms with Crippen LogP contribution in [0.1, 0.15) is 42.1 Å². The first-order chi connectivity index (χ1) is 14.4. The van der Waals surface area contributed by atoms with Crippen LogP contribution in [0.2, 0.25) is 0 Å². The van der Waals surface area contributed by atoms with Crippen molar-refractivity contribution in [3.63, 3.8) is 0 Å². The van der Waals surface area contributed by atoms with E-state index in [1.54, 1.807) is 41.3 Å². The SMILES string of the molecule is CC(=O)Nc1ccc(N2C(=O)CC(N(C(=O)c3ccccc3C)C3CC3)C2=O)cc1. The van der Waals surface area contributed by atoms with Gasteiger partial charge in [0, 0.05) is 24.2 Å². The van der Waals surface area contributed by atoms with Gasteiger partial charge in [0.25, 0.3) is 11.8 Å². The number of amides is 4. The van der Waals surface area contributed by atoms with E-state index in [0.29, 0.717) is 16.9 Å². The van der Waals surface area contributed by atoms with Gasteiger partial charge in [0.2, 0.25) is 11.8 Å². The molecule has 2 aromatic rings. The van der Waals surface area contributed by atoms with Crippen molar-refractivity contribution in [3.05, 3.63) is 59.7 Å². The van der Waals surface area contributed by atoms with E-state index >= 15 is 0 Å². The molecule has 1 saturated carbocycles. The maximum Gasteiger partial charge on any atom is 0.257 e. The van der Waals surface area contributed by atoms with E-state index in [1.165, 1.54) is 6.92 Å². The van der Waals surface area contributed by atoms with Crippen molar-refractivity contribution in [2.45, 2.75) is 45.2 Å². The number of imide groups is 1. The molecule has 0 aromatic heterocycles. The second kappa shape index (κ2) is 7.74. The molecule has 0 spiro atoms. The molecule has 1 atom stereocenters. The molecule has 30 heavy (non-hydrogen) atoms. The van der Waals surface area contributed by atoms with Gasteiger partial charge >= 0.3 is 0 Å². The number of carbonyl (C=O) groups excluding carboxylic acids is 4. The fraction of sp³-hybridized carbons (Fsp3) is 0.304. The molecule has 1 unspecified atom stereocenters. The molecule has 0 bridgehead atoms. The van der Waals surface area contributed by atoms with Gasteiger partial charge < -0.3 is 10.2 Å². The smallest absolute Gasteiger partial charge is 0.257 e. The first kappa shape index (κ1) is 19.8. The first-order valence-corrected chi connectivity index (χ1v) is 9.99. The summed E-state index contributed by atoms with van der Waals surface area (Å²) in [7, 11) is 0. The summed E-state index contributed by atoms with van der Waals surface area (Å²) in [5.41, 5.74) is 2.41. The van der Waals surface area contributed by atoms with Crippen molar-refractivity contribution >= 4 is 35.0 Å². The molecule has 2 fully saturated rings. The Morgan fingerprint density at radius 2 is 1.70 bits per heavy atom. The number of anilines is 2. The third-order valence-corrected chi connectivity index (χ3v) is 5.45. The van der Waals surface area contributed by atoms with Crippen molar-refractivity contribution in [2.75, 3.05) is 10.2 Å². The van der Waals surface area contributed by atoms with E-state index in [-0.39, 0.29) is 36.1 Å². The van der Waals surface area contributed by atoms with E-state index in [1.807, 2.05) is 19.1 Å². The van der Waals surface area contributed by atoms with Crippen LogP contribution in [0.25, 0.3) is 0 Å². The van der Waals surface area contributed by atoms with Gasteiger partial charge in [-0.05, 0) is 55.7 Å². The summed E-state index contributed by atoms with van der Waals surface area (Å²) in [4.78, 5) is 53.2. The summed E-state index contributed by atoms with van der Waals surface area (Å²) < 4.78 is 0. The monoisotopic (exact) mass is 405 g/mol. The molecular formula is C23H23N3O4. The van der Waals surface area contributed by atoms with Crippen LogP contribution in [-0.4, -0.2) is 40.6 Å². The zero-order valence-corrected chi connectivity index (χ0v) is 16.9. The Hall–Kier alpha value is -3.48. The number of nitrogens with zero attached hydrogens (tertiary/aromatic N) is 2. The second-order valence-corrected chi connectivity index (χ2v) is 7.77. The van der Waals surface area contributed by atoms with Crippen molar-refractivity contribution in [1.29, 1.82) is 0 Å². The van der Waals surface area contributed by atoms with E-state index in [9.17, 15) is 19.2 Å². The Labute approximate surface area is 174 Å². The fourth-order valence-corrected chi connectivity index (χ4v) is 3.87.